The molecule has 1 aliphatic heterocycles. The molecule has 0 bridgehead atoms. The van der Waals surface area contributed by atoms with Crippen LogP contribution in [0.15, 0.2) is 0 Å². The molecule has 7 nitrogen and oxygen atoms in total. The molecule has 1 saturated carbocycles. The molecule has 0 aromatic carbocycles. The Hall–Kier alpha value is -1.63. The van der Waals surface area contributed by atoms with Crippen LogP contribution >= 0.6 is 0 Å². The van der Waals surface area contributed by atoms with Crippen molar-refractivity contribution in [3.63, 3.8) is 0 Å². The number of aryl methyl sites for hydroxylation is 2. The molecule has 1 saturated heterocycles. The molecule has 0 spiro atoms. The fourth-order valence-electron chi connectivity index (χ4n) is 2.86. The minimum Gasteiger partial charge on any atom is -0.376 e. The van der Waals surface area contributed by atoms with Crippen LogP contribution in [0.25, 0.3) is 0 Å². The topological polar surface area (TPSA) is 82.2 Å². The van der Waals surface area contributed by atoms with Gasteiger partial charge in [-0.1, -0.05) is 0 Å². The number of nitrogens with zero attached hydrogens (tertiary/aromatic N) is 3. The van der Waals surface area contributed by atoms with Crippen LogP contribution in [-0.2, 0) is 11.8 Å². The molecule has 1 aromatic heterocycles. The second-order valence-corrected chi connectivity index (χ2v) is 5.38. The lowest BCUT2D eigenvalue weighted by Crippen LogP contribution is -2.32. The Balaban J connectivity index is 1.84. The van der Waals surface area contributed by atoms with Crippen LogP contribution in [0.3, 0.4) is 0 Å². The van der Waals surface area contributed by atoms with Gasteiger partial charge in [-0.25, -0.2) is 4.68 Å². The summed E-state index contributed by atoms with van der Waals surface area (Å²) in [5.41, 5.74) is 0.515. The number of aromatic nitrogens is 2. The van der Waals surface area contributed by atoms with Crippen LogP contribution in [0.1, 0.15) is 25.0 Å². The smallest absolute Gasteiger partial charge is 0.333 e. The lowest BCUT2D eigenvalue weighted by molar-refractivity contribution is -0.384. The monoisotopic (exact) mass is 266 g/mol. The first-order valence-electron chi connectivity index (χ1n) is 6.64. The Morgan fingerprint density at radius 1 is 1.47 bits per heavy atom. The van der Waals surface area contributed by atoms with Crippen molar-refractivity contribution >= 4 is 11.5 Å². The summed E-state index contributed by atoms with van der Waals surface area (Å²) in [6, 6.07) is 0.154. The Bertz CT molecular complexity index is 509. The highest BCUT2D eigenvalue weighted by atomic mass is 16.6. The summed E-state index contributed by atoms with van der Waals surface area (Å²) >= 11 is 0. The average Bonchev–Trinajstić information content (AvgIpc) is 3.01. The number of nitro groups is 1. The lowest BCUT2D eigenvalue weighted by Gasteiger charge is -2.20. The number of nitrogens with one attached hydrogen (secondary N) is 1. The number of ether oxygens (including phenoxy) is 1. The lowest BCUT2D eigenvalue weighted by atomic mass is 10.1. The molecule has 3 rings (SSSR count). The standard InChI is InChI=1S/C12H18N4O3/c1-7-10(16(17)18)12(15(2)14-7)13-9-5-6-19-11(9)8-3-4-8/h8-9,11,13H,3-6H2,1-2H3. The van der Waals surface area contributed by atoms with E-state index in [1.807, 2.05) is 0 Å². The van der Waals surface area contributed by atoms with Crippen molar-refractivity contribution in [1.82, 2.24) is 9.78 Å². The Labute approximate surface area is 111 Å². The second-order valence-electron chi connectivity index (χ2n) is 5.38. The van der Waals surface area contributed by atoms with E-state index in [9.17, 15) is 10.1 Å². The minimum atomic E-state index is -0.368. The predicted octanol–water partition coefficient (Wildman–Crippen LogP) is 1.62. The van der Waals surface area contributed by atoms with Crippen LogP contribution in [0.2, 0.25) is 0 Å². The molecule has 2 atom stereocenters. The Kier molecular flexibility index (Phi) is 2.93. The molecule has 2 heterocycles. The van der Waals surface area contributed by atoms with Gasteiger partial charge in [0.25, 0.3) is 0 Å². The van der Waals surface area contributed by atoms with Gasteiger partial charge in [0, 0.05) is 13.7 Å². The van der Waals surface area contributed by atoms with Crippen molar-refractivity contribution in [3.8, 4) is 0 Å². The minimum absolute atomic E-state index is 0.0731. The van der Waals surface area contributed by atoms with Gasteiger partial charge in [-0.3, -0.25) is 10.1 Å². The molecule has 0 radical (unpaired) electrons. The van der Waals surface area contributed by atoms with Gasteiger partial charge in [0.15, 0.2) is 0 Å². The third kappa shape index (κ3) is 2.18. The quantitative estimate of drug-likeness (QED) is 0.661. The van der Waals surface area contributed by atoms with E-state index in [4.69, 9.17) is 4.74 Å². The first-order valence-corrected chi connectivity index (χ1v) is 6.64. The molecular weight excluding hydrogens is 248 g/mol. The van der Waals surface area contributed by atoms with Gasteiger partial charge < -0.3 is 10.1 Å². The highest BCUT2D eigenvalue weighted by Gasteiger charge is 2.41. The van der Waals surface area contributed by atoms with Gasteiger partial charge >= 0.3 is 5.69 Å². The van der Waals surface area contributed by atoms with Crippen LogP contribution < -0.4 is 5.32 Å². The summed E-state index contributed by atoms with van der Waals surface area (Å²) in [4.78, 5) is 10.8. The van der Waals surface area contributed by atoms with Gasteiger partial charge in [0.05, 0.1) is 17.1 Å². The number of rotatable bonds is 4. The van der Waals surface area contributed by atoms with Crippen LogP contribution in [0.5, 0.6) is 0 Å². The van der Waals surface area contributed by atoms with E-state index in [0.717, 1.165) is 13.0 Å². The summed E-state index contributed by atoms with van der Waals surface area (Å²) in [5, 5.41) is 18.6. The third-order valence-electron chi connectivity index (χ3n) is 3.92. The van der Waals surface area contributed by atoms with Crippen molar-refractivity contribution in [2.24, 2.45) is 13.0 Å². The van der Waals surface area contributed by atoms with E-state index in [2.05, 4.69) is 10.4 Å². The van der Waals surface area contributed by atoms with Gasteiger partial charge in [-0.05, 0) is 32.1 Å². The molecule has 0 amide bonds. The molecule has 104 valence electrons. The summed E-state index contributed by atoms with van der Waals surface area (Å²) in [6.07, 6.45) is 3.49. The molecule has 2 fully saturated rings. The van der Waals surface area contributed by atoms with E-state index in [1.165, 1.54) is 12.8 Å². The van der Waals surface area contributed by atoms with Gasteiger partial charge in [0.2, 0.25) is 5.82 Å². The van der Waals surface area contributed by atoms with E-state index in [1.54, 1.807) is 18.7 Å². The van der Waals surface area contributed by atoms with Crippen LogP contribution in [-0.4, -0.2) is 33.5 Å². The molecule has 1 aromatic rings. The van der Waals surface area contributed by atoms with Crippen molar-refractivity contribution < 1.29 is 9.66 Å². The molecule has 1 N–H and O–H groups in total. The van der Waals surface area contributed by atoms with Crippen molar-refractivity contribution in [1.29, 1.82) is 0 Å². The first-order chi connectivity index (χ1) is 9.08. The van der Waals surface area contributed by atoms with Crippen molar-refractivity contribution in [2.45, 2.75) is 38.3 Å². The van der Waals surface area contributed by atoms with E-state index in [0.29, 0.717) is 17.4 Å². The summed E-state index contributed by atoms with van der Waals surface area (Å²) in [7, 11) is 1.73. The van der Waals surface area contributed by atoms with Crippen LogP contribution in [0, 0.1) is 23.0 Å². The van der Waals surface area contributed by atoms with Gasteiger partial charge in [-0.2, -0.15) is 5.10 Å². The normalized spacial score (nSPS) is 26.6. The number of anilines is 1. The molecule has 1 aliphatic carbocycles. The van der Waals surface area contributed by atoms with Crippen molar-refractivity contribution in [2.75, 3.05) is 11.9 Å². The fraction of sp³-hybridized carbons (Fsp3) is 0.750. The Morgan fingerprint density at radius 3 is 2.84 bits per heavy atom. The zero-order chi connectivity index (χ0) is 13.6. The summed E-state index contributed by atoms with van der Waals surface area (Å²) in [5.74, 6) is 1.11. The summed E-state index contributed by atoms with van der Waals surface area (Å²) in [6.45, 7) is 2.39. The maximum absolute atomic E-state index is 11.1. The SMILES string of the molecule is Cc1nn(C)c(NC2CCOC2C2CC2)c1[N+](=O)[O-]. The molecule has 19 heavy (non-hydrogen) atoms. The van der Waals surface area contributed by atoms with E-state index < -0.39 is 0 Å². The van der Waals surface area contributed by atoms with Gasteiger partial charge in [-0.15, -0.1) is 0 Å². The highest BCUT2D eigenvalue weighted by molar-refractivity contribution is 5.60. The molecular formula is C12H18N4O3. The predicted molar refractivity (Wildman–Crippen MR) is 69.1 cm³/mol. The van der Waals surface area contributed by atoms with Crippen LogP contribution in [0.4, 0.5) is 11.5 Å². The largest absolute Gasteiger partial charge is 0.376 e. The first kappa shape index (κ1) is 12.4. The van der Waals surface area contributed by atoms with Gasteiger partial charge in [0.1, 0.15) is 5.69 Å². The van der Waals surface area contributed by atoms with E-state index in [-0.39, 0.29) is 22.8 Å². The second kappa shape index (κ2) is 4.48. The highest BCUT2D eigenvalue weighted by Crippen LogP contribution is 2.40. The zero-order valence-corrected chi connectivity index (χ0v) is 11.1. The Morgan fingerprint density at radius 2 is 2.21 bits per heavy atom. The average molecular weight is 266 g/mol. The zero-order valence-electron chi connectivity index (χ0n) is 11.1. The van der Waals surface area contributed by atoms with Crippen molar-refractivity contribution in [3.05, 3.63) is 15.8 Å². The summed E-state index contributed by atoms with van der Waals surface area (Å²) < 4.78 is 7.30. The number of hydrogen-bond acceptors (Lipinski definition) is 5. The van der Waals surface area contributed by atoms with E-state index >= 15 is 0 Å². The number of hydrogen-bond donors (Lipinski definition) is 1. The molecule has 2 unspecified atom stereocenters. The molecule has 7 heteroatoms. The maximum atomic E-state index is 11.1. The fourth-order valence-corrected chi connectivity index (χ4v) is 2.86. The third-order valence-corrected chi connectivity index (χ3v) is 3.92. The molecule has 2 aliphatic rings. The maximum Gasteiger partial charge on any atom is 0.333 e.